The smallest absolute Gasteiger partial charge is 0.222 e. The van der Waals surface area contributed by atoms with Gasteiger partial charge in [-0.05, 0) is 42.5 Å². The summed E-state index contributed by atoms with van der Waals surface area (Å²) in [5.74, 6) is -0.261. The van der Waals surface area contributed by atoms with Crippen LogP contribution in [0.2, 0.25) is 0 Å². The Kier molecular flexibility index (Phi) is 8.45. The summed E-state index contributed by atoms with van der Waals surface area (Å²) in [6, 6.07) is 16.6. The second-order valence-electron chi connectivity index (χ2n) is 8.98. The van der Waals surface area contributed by atoms with E-state index in [1.54, 1.807) is 12.1 Å². The molecule has 0 aliphatic carbocycles. The van der Waals surface area contributed by atoms with E-state index >= 15 is 0 Å². The first-order valence-electron chi connectivity index (χ1n) is 11.8. The molecule has 0 spiro atoms. The third kappa shape index (κ3) is 7.08. The molecule has 178 valence electrons. The quantitative estimate of drug-likeness (QED) is 0.671. The third-order valence-electron chi connectivity index (χ3n) is 6.38. The summed E-state index contributed by atoms with van der Waals surface area (Å²) in [7, 11) is 0. The lowest BCUT2D eigenvalue weighted by atomic mass is 9.94. The van der Waals surface area contributed by atoms with Crippen molar-refractivity contribution in [3.05, 3.63) is 71.5 Å². The maximum absolute atomic E-state index is 13.3. The van der Waals surface area contributed by atoms with Gasteiger partial charge in [-0.1, -0.05) is 42.5 Å². The van der Waals surface area contributed by atoms with E-state index in [0.29, 0.717) is 32.7 Å². The van der Waals surface area contributed by atoms with Gasteiger partial charge in [0, 0.05) is 25.7 Å². The summed E-state index contributed by atoms with van der Waals surface area (Å²) >= 11 is 0. The fourth-order valence-electron chi connectivity index (χ4n) is 4.72. The number of amides is 1. The standard InChI is InChI=1S/C26H33FN2O4/c27-21-8-6-20(7-9-21)15-29-16-22(30)17-32-18-25-24(29)11-10-23(33-25)14-26(31)28-13-12-19-4-2-1-3-5-19/h1-9,22-25,30H,10-18H2,(H,28,31)/t22-,23+,24+,25-/m0/s1. The van der Waals surface area contributed by atoms with E-state index in [2.05, 4.69) is 22.3 Å². The summed E-state index contributed by atoms with van der Waals surface area (Å²) in [4.78, 5) is 14.7. The number of halogens is 1. The number of benzene rings is 2. The molecule has 2 aliphatic heterocycles. The van der Waals surface area contributed by atoms with Crippen LogP contribution in [0.25, 0.3) is 0 Å². The van der Waals surface area contributed by atoms with Gasteiger partial charge in [0.2, 0.25) is 5.91 Å². The van der Waals surface area contributed by atoms with Gasteiger partial charge in [-0.2, -0.15) is 0 Å². The van der Waals surface area contributed by atoms with E-state index in [9.17, 15) is 14.3 Å². The van der Waals surface area contributed by atoms with Crippen molar-refractivity contribution in [1.29, 1.82) is 0 Å². The SMILES string of the molecule is O=C(C[C@H]1CC[C@@H]2[C@H](COC[C@@H](O)CN2Cc2ccc(F)cc2)O1)NCCc1ccccc1. The van der Waals surface area contributed by atoms with Gasteiger partial charge in [0.15, 0.2) is 0 Å². The molecule has 2 aromatic rings. The van der Waals surface area contributed by atoms with E-state index in [1.807, 2.05) is 18.2 Å². The summed E-state index contributed by atoms with van der Waals surface area (Å²) in [5, 5.41) is 13.3. The number of rotatable bonds is 7. The van der Waals surface area contributed by atoms with Crippen LogP contribution in [0, 0.1) is 5.82 Å². The van der Waals surface area contributed by atoms with Gasteiger partial charge in [-0.15, -0.1) is 0 Å². The Hall–Kier alpha value is -2.32. The highest BCUT2D eigenvalue weighted by Gasteiger charge is 2.38. The summed E-state index contributed by atoms with van der Waals surface area (Å²) < 4.78 is 25.3. The number of ether oxygens (including phenoxy) is 2. The van der Waals surface area contributed by atoms with E-state index < -0.39 is 6.10 Å². The Morgan fingerprint density at radius 3 is 2.64 bits per heavy atom. The van der Waals surface area contributed by atoms with Gasteiger partial charge in [0.25, 0.3) is 0 Å². The molecule has 2 saturated heterocycles. The lowest BCUT2D eigenvalue weighted by Crippen LogP contribution is -2.55. The topological polar surface area (TPSA) is 71.0 Å². The van der Waals surface area contributed by atoms with Crippen molar-refractivity contribution >= 4 is 5.91 Å². The molecule has 7 heteroatoms. The van der Waals surface area contributed by atoms with E-state index in [0.717, 1.165) is 24.8 Å². The second-order valence-corrected chi connectivity index (χ2v) is 8.98. The number of fused-ring (bicyclic) bond motifs is 1. The van der Waals surface area contributed by atoms with Crippen LogP contribution in [0.5, 0.6) is 0 Å². The van der Waals surface area contributed by atoms with Crippen LogP contribution in [0.3, 0.4) is 0 Å². The molecule has 6 nitrogen and oxygen atoms in total. The van der Waals surface area contributed by atoms with E-state index in [-0.39, 0.29) is 36.6 Å². The zero-order chi connectivity index (χ0) is 23.0. The average molecular weight is 457 g/mol. The van der Waals surface area contributed by atoms with Crippen molar-refractivity contribution in [2.75, 3.05) is 26.3 Å². The number of aliphatic hydroxyl groups excluding tert-OH is 1. The van der Waals surface area contributed by atoms with Crippen LogP contribution >= 0.6 is 0 Å². The predicted octanol–water partition coefficient (Wildman–Crippen LogP) is 2.68. The molecule has 4 rings (SSSR count). The van der Waals surface area contributed by atoms with Crippen molar-refractivity contribution in [2.24, 2.45) is 0 Å². The summed E-state index contributed by atoms with van der Waals surface area (Å²) in [6.45, 7) is 2.30. The lowest BCUT2D eigenvalue weighted by Gasteiger charge is -2.44. The van der Waals surface area contributed by atoms with E-state index in [1.165, 1.54) is 17.7 Å². The number of aliphatic hydroxyl groups is 1. The first kappa shape index (κ1) is 23.8. The largest absolute Gasteiger partial charge is 0.389 e. The molecule has 2 aromatic carbocycles. The van der Waals surface area contributed by atoms with Crippen LogP contribution in [-0.2, 0) is 27.2 Å². The molecule has 0 unspecified atom stereocenters. The first-order chi connectivity index (χ1) is 16.1. The molecule has 0 bridgehead atoms. The van der Waals surface area contributed by atoms with Gasteiger partial charge in [-0.25, -0.2) is 4.39 Å². The third-order valence-corrected chi connectivity index (χ3v) is 6.38. The molecule has 2 fully saturated rings. The summed E-state index contributed by atoms with van der Waals surface area (Å²) in [6.07, 6.45) is 1.85. The highest BCUT2D eigenvalue weighted by atomic mass is 19.1. The number of nitrogens with zero attached hydrogens (tertiary/aromatic N) is 1. The molecule has 0 aromatic heterocycles. The number of hydrogen-bond donors (Lipinski definition) is 2. The first-order valence-corrected chi connectivity index (χ1v) is 11.8. The number of carbonyl (C=O) groups is 1. The minimum absolute atomic E-state index is 0.000246. The molecule has 4 atom stereocenters. The Balaban J connectivity index is 1.30. The predicted molar refractivity (Wildman–Crippen MR) is 123 cm³/mol. The lowest BCUT2D eigenvalue weighted by molar-refractivity contribution is -0.158. The van der Waals surface area contributed by atoms with Gasteiger partial charge < -0.3 is 19.9 Å². The highest BCUT2D eigenvalue weighted by molar-refractivity contribution is 5.76. The van der Waals surface area contributed by atoms with Crippen molar-refractivity contribution in [1.82, 2.24) is 10.2 Å². The van der Waals surface area contributed by atoms with Gasteiger partial charge in [0.05, 0.1) is 37.9 Å². The molecule has 2 N–H and O–H groups in total. The molecule has 2 aliphatic rings. The number of carbonyl (C=O) groups excluding carboxylic acids is 1. The Morgan fingerprint density at radius 2 is 1.85 bits per heavy atom. The monoisotopic (exact) mass is 456 g/mol. The van der Waals surface area contributed by atoms with Gasteiger partial charge >= 0.3 is 0 Å². The van der Waals surface area contributed by atoms with Crippen LogP contribution in [0.4, 0.5) is 4.39 Å². The minimum Gasteiger partial charge on any atom is -0.389 e. The fraction of sp³-hybridized carbons (Fsp3) is 0.500. The second kappa shape index (κ2) is 11.7. The Morgan fingerprint density at radius 1 is 1.06 bits per heavy atom. The zero-order valence-electron chi connectivity index (χ0n) is 18.9. The Labute approximate surface area is 194 Å². The maximum atomic E-state index is 13.3. The van der Waals surface area contributed by atoms with Crippen LogP contribution in [-0.4, -0.2) is 66.6 Å². The van der Waals surface area contributed by atoms with Gasteiger partial charge in [0.1, 0.15) is 5.82 Å². The van der Waals surface area contributed by atoms with E-state index in [4.69, 9.17) is 9.47 Å². The number of hydrogen-bond acceptors (Lipinski definition) is 5. The van der Waals surface area contributed by atoms with Crippen LogP contribution in [0.1, 0.15) is 30.4 Å². The molecule has 2 heterocycles. The average Bonchev–Trinajstić information content (AvgIpc) is 2.80. The molecule has 0 saturated carbocycles. The normalized spacial score (nSPS) is 26.1. The van der Waals surface area contributed by atoms with Crippen molar-refractivity contribution in [3.63, 3.8) is 0 Å². The Bertz CT molecular complexity index is 880. The van der Waals surface area contributed by atoms with Crippen LogP contribution < -0.4 is 5.32 Å². The summed E-state index contributed by atoms with van der Waals surface area (Å²) in [5.41, 5.74) is 2.19. The number of nitrogens with one attached hydrogen (secondary N) is 1. The molecular weight excluding hydrogens is 423 g/mol. The number of β-amino-alcohol motifs (C(OH)–C–C–N with tert-alkyl or cyclic N) is 1. The highest BCUT2D eigenvalue weighted by Crippen LogP contribution is 2.28. The van der Waals surface area contributed by atoms with Crippen molar-refractivity contribution < 1.29 is 23.8 Å². The molecule has 0 radical (unpaired) electrons. The zero-order valence-corrected chi connectivity index (χ0v) is 18.9. The molecule has 1 amide bonds. The fourth-order valence-corrected chi connectivity index (χ4v) is 4.72. The molecular formula is C26H33FN2O4. The van der Waals surface area contributed by atoms with Crippen molar-refractivity contribution in [3.8, 4) is 0 Å². The molecule has 33 heavy (non-hydrogen) atoms. The van der Waals surface area contributed by atoms with Gasteiger partial charge in [-0.3, -0.25) is 9.69 Å². The maximum Gasteiger partial charge on any atom is 0.222 e. The van der Waals surface area contributed by atoms with Crippen LogP contribution in [0.15, 0.2) is 54.6 Å². The van der Waals surface area contributed by atoms with Crippen molar-refractivity contribution in [2.45, 2.75) is 56.6 Å². The minimum atomic E-state index is -0.584.